The van der Waals surface area contributed by atoms with Crippen molar-refractivity contribution in [3.8, 4) is 0 Å². The number of alkyl halides is 3. The lowest BCUT2D eigenvalue weighted by atomic mass is 10.1. The molecule has 152 valence electrons. The van der Waals surface area contributed by atoms with E-state index in [-0.39, 0.29) is 5.91 Å². The van der Waals surface area contributed by atoms with Gasteiger partial charge in [0.2, 0.25) is 5.91 Å². The predicted octanol–water partition coefficient (Wildman–Crippen LogP) is 6.54. The van der Waals surface area contributed by atoms with Crippen LogP contribution in [0, 0.1) is 0 Å². The minimum Gasteiger partial charge on any atom is -0.326 e. The van der Waals surface area contributed by atoms with Crippen molar-refractivity contribution in [3.05, 3.63) is 66.4 Å². The van der Waals surface area contributed by atoms with E-state index >= 15 is 0 Å². The smallest absolute Gasteiger partial charge is 0.326 e. The SMILES string of the molecule is O=C(CCCCCSc1ccnc2cc(C(F)(F)F)ccc12)Nc1ccccc1. The van der Waals surface area contributed by atoms with Gasteiger partial charge in [-0.2, -0.15) is 13.2 Å². The van der Waals surface area contributed by atoms with Gasteiger partial charge in [0.1, 0.15) is 0 Å². The maximum absolute atomic E-state index is 12.9. The second-order valence-corrected chi connectivity index (χ2v) is 7.75. The molecule has 3 aromatic rings. The molecule has 0 unspecified atom stereocenters. The van der Waals surface area contributed by atoms with Crippen LogP contribution in [-0.2, 0) is 11.0 Å². The third kappa shape index (κ3) is 6.22. The molecule has 3 nitrogen and oxygen atoms in total. The summed E-state index contributed by atoms with van der Waals surface area (Å²) in [5.41, 5.74) is 0.460. The first-order valence-corrected chi connectivity index (χ1v) is 10.4. The summed E-state index contributed by atoms with van der Waals surface area (Å²) in [5.74, 6) is 0.838. The third-order valence-corrected chi connectivity index (χ3v) is 5.55. The highest BCUT2D eigenvalue weighted by molar-refractivity contribution is 7.99. The van der Waals surface area contributed by atoms with Gasteiger partial charge in [0.25, 0.3) is 0 Å². The Kier molecular flexibility index (Phi) is 7.14. The fourth-order valence-electron chi connectivity index (χ4n) is 2.92. The van der Waals surface area contributed by atoms with Gasteiger partial charge in [-0.25, -0.2) is 0 Å². The molecule has 0 spiro atoms. The number of hydrogen-bond acceptors (Lipinski definition) is 3. The van der Waals surface area contributed by atoms with Gasteiger partial charge in [-0.15, -0.1) is 11.8 Å². The van der Waals surface area contributed by atoms with E-state index in [1.165, 1.54) is 6.07 Å². The van der Waals surface area contributed by atoms with Crippen LogP contribution >= 0.6 is 11.8 Å². The van der Waals surface area contributed by atoms with Crippen LogP contribution in [0.3, 0.4) is 0 Å². The normalized spacial score (nSPS) is 11.6. The maximum atomic E-state index is 12.9. The number of benzene rings is 2. The van der Waals surface area contributed by atoms with Crippen LogP contribution in [0.4, 0.5) is 18.9 Å². The molecule has 1 heterocycles. The van der Waals surface area contributed by atoms with Crippen LogP contribution in [-0.4, -0.2) is 16.6 Å². The van der Waals surface area contributed by atoms with Crippen LogP contribution in [0.1, 0.15) is 31.2 Å². The second-order valence-electron chi connectivity index (χ2n) is 6.61. The Morgan fingerprint density at radius 2 is 1.79 bits per heavy atom. The molecule has 1 aromatic heterocycles. The molecule has 7 heteroatoms. The largest absolute Gasteiger partial charge is 0.416 e. The molecule has 3 rings (SSSR count). The van der Waals surface area contributed by atoms with Gasteiger partial charge in [-0.05, 0) is 48.9 Å². The number of aromatic nitrogens is 1. The number of nitrogens with one attached hydrogen (secondary N) is 1. The average molecular weight is 418 g/mol. The minimum atomic E-state index is -4.37. The van der Waals surface area contributed by atoms with Crippen molar-refractivity contribution in [1.82, 2.24) is 4.98 Å². The predicted molar refractivity (Wildman–Crippen MR) is 111 cm³/mol. The van der Waals surface area contributed by atoms with E-state index in [2.05, 4.69) is 10.3 Å². The van der Waals surface area contributed by atoms with Gasteiger partial charge in [-0.1, -0.05) is 30.7 Å². The molecule has 0 aliphatic rings. The highest BCUT2D eigenvalue weighted by atomic mass is 32.2. The summed E-state index contributed by atoms with van der Waals surface area (Å²) in [4.78, 5) is 16.9. The highest BCUT2D eigenvalue weighted by Crippen LogP contribution is 2.33. The summed E-state index contributed by atoms with van der Waals surface area (Å²) in [5, 5.41) is 3.59. The number of fused-ring (bicyclic) bond motifs is 1. The lowest BCUT2D eigenvalue weighted by Gasteiger charge is -2.10. The number of para-hydroxylation sites is 1. The number of thioether (sulfide) groups is 1. The molecule has 0 aliphatic heterocycles. The topological polar surface area (TPSA) is 42.0 Å². The molecule has 0 atom stereocenters. The lowest BCUT2D eigenvalue weighted by molar-refractivity contribution is -0.137. The first-order valence-electron chi connectivity index (χ1n) is 9.37. The molecule has 0 radical (unpaired) electrons. The Bertz CT molecular complexity index is 961. The fourth-order valence-corrected chi connectivity index (χ4v) is 3.97. The molecule has 2 aromatic carbocycles. The van der Waals surface area contributed by atoms with Crippen LogP contribution in [0.15, 0.2) is 65.7 Å². The molecule has 0 bridgehead atoms. The number of anilines is 1. The Hall–Kier alpha value is -2.54. The van der Waals surface area contributed by atoms with Crippen molar-refractivity contribution in [2.24, 2.45) is 0 Å². The van der Waals surface area contributed by atoms with E-state index in [1.54, 1.807) is 18.0 Å². The van der Waals surface area contributed by atoms with E-state index in [1.807, 2.05) is 36.4 Å². The van der Waals surface area contributed by atoms with Crippen molar-refractivity contribution >= 4 is 34.3 Å². The lowest BCUT2D eigenvalue weighted by Crippen LogP contribution is -2.10. The molecule has 1 N–H and O–H groups in total. The molecule has 0 saturated carbocycles. The maximum Gasteiger partial charge on any atom is 0.416 e. The number of hydrogen-bond donors (Lipinski definition) is 1. The second kappa shape index (κ2) is 9.78. The van der Waals surface area contributed by atoms with Gasteiger partial charge in [0.15, 0.2) is 0 Å². The zero-order chi connectivity index (χ0) is 20.7. The number of unbranched alkanes of at least 4 members (excludes halogenated alkanes) is 2. The Morgan fingerprint density at radius 1 is 1.00 bits per heavy atom. The van der Waals surface area contributed by atoms with Crippen molar-refractivity contribution in [2.45, 2.75) is 36.8 Å². The van der Waals surface area contributed by atoms with Crippen molar-refractivity contribution < 1.29 is 18.0 Å². The van der Waals surface area contributed by atoms with Crippen LogP contribution < -0.4 is 5.32 Å². The first kappa shape index (κ1) is 21.2. The molecule has 0 fully saturated rings. The summed E-state index contributed by atoms with van der Waals surface area (Å²) in [6, 6.07) is 14.9. The van der Waals surface area contributed by atoms with Crippen molar-refractivity contribution in [2.75, 3.05) is 11.1 Å². The number of pyridine rings is 1. The number of rotatable bonds is 8. The Morgan fingerprint density at radius 3 is 2.55 bits per heavy atom. The van der Waals surface area contributed by atoms with E-state index in [9.17, 15) is 18.0 Å². The first-order chi connectivity index (χ1) is 13.9. The van der Waals surface area contributed by atoms with Crippen molar-refractivity contribution in [3.63, 3.8) is 0 Å². The van der Waals surface area contributed by atoms with E-state index in [0.717, 1.165) is 53.1 Å². The number of halogens is 3. The van der Waals surface area contributed by atoms with Crippen molar-refractivity contribution in [1.29, 1.82) is 0 Å². The molecular formula is C22H21F3N2OS. The highest BCUT2D eigenvalue weighted by Gasteiger charge is 2.30. The molecular weight excluding hydrogens is 397 g/mol. The molecule has 0 aliphatic carbocycles. The monoisotopic (exact) mass is 418 g/mol. The number of nitrogens with zero attached hydrogens (tertiary/aromatic N) is 1. The summed E-state index contributed by atoms with van der Waals surface area (Å²) < 4.78 is 38.6. The Balaban J connectivity index is 1.43. The van der Waals surface area contributed by atoms with E-state index in [4.69, 9.17) is 0 Å². The van der Waals surface area contributed by atoms with Crippen LogP contribution in [0.2, 0.25) is 0 Å². The average Bonchev–Trinajstić information content (AvgIpc) is 2.70. The van der Waals surface area contributed by atoms with Gasteiger partial charge in [0, 0.05) is 28.6 Å². The van der Waals surface area contributed by atoms with E-state index in [0.29, 0.717) is 11.9 Å². The molecule has 1 amide bonds. The summed E-state index contributed by atoms with van der Waals surface area (Å²) in [6.45, 7) is 0. The zero-order valence-corrected chi connectivity index (χ0v) is 16.5. The van der Waals surface area contributed by atoms with Gasteiger partial charge in [0.05, 0.1) is 11.1 Å². The number of carbonyl (C=O) groups is 1. The fraction of sp³-hybridized carbons (Fsp3) is 0.273. The quantitative estimate of drug-likeness (QED) is 0.333. The Labute approximate surface area is 171 Å². The zero-order valence-electron chi connectivity index (χ0n) is 15.7. The third-order valence-electron chi connectivity index (χ3n) is 4.39. The van der Waals surface area contributed by atoms with Gasteiger partial charge < -0.3 is 5.32 Å². The molecule has 29 heavy (non-hydrogen) atoms. The summed E-state index contributed by atoms with van der Waals surface area (Å²) in [6.07, 6.45) is 0.276. The van der Waals surface area contributed by atoms with Crippen LogP contribution in [0.25, 0.3) is 10.9 Å². The number of amides is 1. The molecule has 0 saturated heterocycles. The van der Waals surface area contributed by atoms with E-state index < -0.39 is 11.7 Å². The number of carbonyl (C=O) groups excluding carboxylic acids is 1. The minimum absolute atomic E-state index is 0.00412. The van der Waals surface area contributed by atoms with Gasteiger partial charge >= 0.3 is 6.18 Å². The van der Waals surface area contributed by atoms with Crippen LogP contribution in [0.5, 0.6) is 0 Å². The summed E-state index contributed by atoms with van der Waals surface area (Å²) in [7, 11) is 0. The van der Waals surface area contributed by atoms with Gasteiger partial charge in [-0.3, -0.25) is 9.78 Å². The summed E-state index contributed by atoms with van der Waals surface area (Å²) >= 11 is 1.60. The standard InChI is InChI=1S/C22H21F3N2OS/c23-22(24,25)16-10-11-18-19(15-16)26-13-12-20(18)29-14-6-2-5-9-21(28)27-17-7-3-1-4-8-17/h1,3-4,7-8,10-13,15H,2,5-6,9,14H2,(H,27,28).